The topological polar surface area (TPSA) is 103 Å². The lowest BCUT2D eigenvalue weighted by molar-refractivity contribution is -0.248. The van der Waals surface area contributed by atoms with Crippen molar-refractivity contribution in [1.29, 1.82) is 0 Å². The summed E-state index contributed by atoms with van der Waals surface area (Å²) in [4.78, 5) is 3.77. The maximum absolute atomic E-state index is 9.53. The smallest absolute Gasteiger partial charge is 0.180 e. The van der Waals surface area contributed by atoms with Gasteiger partial charge in [-0.25, -0.2) is 0 Å². The van der Waals surface area contributed by atoms with Crippen LogP contribution >= 0.6 is 0 Å². The summed E-state index contributed by atoms with van der Waals surface area (Å²) in [5, 5.41) is 37.1. The third kappa shape index (κ3) is 2.10. The van der Waals surface area contributed by atoms with E-state index < -0.39 is 37.3 Å². The normalized spacial score (nSPS) is 44.5. The van der Waals surface area contributed by atoms with Crippen molar-refractivity contribution in [1.82, 2.24) is 0 Å². The molecule has 0 aromatic heterocycles. The molecule has 0 radical (unpaired) electrons. The van der Waals surface area contributed by atoms with E-state index in [0.717, 1.165) is 0 Å². The van der Waals surface area contributed by atoms with E-state index in [0.29, 0.717) is 0 Å². The average molecular weight is 205 g/mol. The van der Waals surface area contributed by atoms with Gasteiger partial charge in [-0.15, -0.1) is 0 Å². The van der Waals surface area contributed by atoms with Crippen LogP contribution in [0.3, 0.4) is 0 Å². The Labute approximate surface area is 81.5 Å². The van der Waals surface area contributed by atoms with Crippen molar-refractivity contribution in [3.05, 3.63) is 0 Å². The standard InChI is InChI=1S/C8H15NO5/c1-2-9-5-7(12)6(11)4(3-10)14-8(5)13/h2,4-8,10-13H,3H2,1H3/t4-,5-,6-,7-,8?/m1/s1. The van der Waals surface area contributed by atoms with Crippen LogP contribution in [0.2, 0.25) is 0 Å². The second kappa shape index (κ2) is 4.81. The van der Waals surface area contributed by atoms with Gasteiger partial charge in [0.05, 0.1) is 6.61 Å². The Morgan fingerprint density at radius 1 is 1.29 bits per heavy atom. The van der Waals surface area contributed by atoms with E-state index in [1.54, 1.807) is 6.92 Å². The van der Waals surface area contributed by atoms with Crippen LogP contribution in [0.1, 0.15) is 6.92 Å². The number of aliphatic hydroxyl groups is 4. The van der Waals surface area contributed by atoms with E-state index in [9.17, 15) is 15.3 Å². The number of hydrogen-bond acceptors (Lipinski definition) is 6. The van der Waals surface area contributed by atoms with Crippen LogP contribution in [0, 0.1) is 0 Å². The minimum absolute atomic E-state index is 0.460. The lowest BCUT2D eigenvalue weighted by Gasteiger charge is -2.38. The predicted octanol–water partition coefficient (Wildman–Crippen LogP) is -2.12. The maximum Gasteiger partial charge on any atom is 0.180 e. The van der Waals surface area contributed by atoms with Crippen molar-refractivity contribution in [3.63, 3.8) is 0 Å². The molecule has 1 fully saturated rings. The van der Waals surface area contributed by atoms with Crippen molar-refractivity contribution in [2.45, 2.75) is 37.6 Å². The van der Waals surface area contributed by atoms with Gasteiger partial charge in [-0.05, 0) is 13.1 Å². The van der Waals surface area contributed by atoms with E-state index in [2.05, 4.69) is 4.99 Å². The van der Waals surface area contributed by atoms with Crippen LogP contribution in [0.15, 0.2) is 4.99 Å². The second-order valence-corrected chi connectivity index (χ2v) is 3.13. The molecule has 6 nitrogen and oxygen atoms in total. The minimum Gasteiger partial charge on any atom is -0.394 e. The van der Waals surface area contributed by atoms with Crippen LogP contribution in [0.5, 0.6) is 0 Å². The number of hydrogen-bond donors (Lipinski definition) is 4. The summed E-state index contributed by atoms with van der Waals surface area (Å²) in [5.74, 6) is 0. The molecular weight excluding hydrogens is 190 g/mol. The van der Waals surface area contributed by atoms with E-state index in [1.807, 2.05) is 0 Å². The molecular formula is C8H15NO5. The lowest BCUT2D eigenvalue weighted by Crippen LogP contribution is -2.57. The Hall–Kier alpha value is -0.530. The number of ether oxygens (including phenoxy) is 1. The van der Waals surface area contributed by atoms with Crippen LogP contribution in [0.4, 0.5) is 0 Å². The summed E-state index contributed by atoms with van der Waals surface area (Å²) < 4.78 is 4.87. The average Bonchev–Trinajstić information content (AvgIpc) is 2.18. The second-order valence-electron chi connectivity index (χ2n) is 3.13. The minimum atomic E-state index is -1.30. The quantitative estimate of drug-likeness (QED) is 0.386. The molecule has 1 rings (SSSR count). The van der Waals surface area contributed by atoms with Gasteiger partial charge in [-0.2, -0.15) is 0 Å². The van der Waals surface area contributed by atoms with Gasteiger partial charge < -0.3 is 25.2 Å². The van der Waals surface area contributed by atoms with E-state index >= 15 is 0 Å². The Morgan fingerprint density at radius 2 is 1.93 bits per heavy atom. The zero-order valence-corrected chi connectivity index (χ0v) is 7.82. The number of nitrogens with zero attached hydrogens (tertiary/aromatic N) is 1. The molecule has 1 aliphatic heterocycles. The van der Waals surface area contributed by atoms with E-state index in [1.165, 1.54) is 6.21 Å². The Kier molecular flexibility index (Phi) is 3.97. The summed E-state index contributed by atoms with van der Waals surface area (Å²) in [6.07, 6.45) is -3.33. The molecule has 1 unspecified atom stereocenters. The highest BCUT2D eigenvalue weighted by atomic mass is 16.6. The molecule has 1 heterocycles. The monoisotopic (exact) mass is 205 g/mol. The van der Waals surface area contributed by atoms with Crippen molar-refractivity contribution in [3.8, 4) is 0 Å². The molecule has 0 aromatic rings. The first kappa shape index (κ1) is 11.5. The van der Waals surface area contributed by atoms with Crippen LogP contribution < -0.4 is 0 Å². The summed E-state index contributed by atoms with van der Waals surface area (Å²) in [7, 11) is 0. The van der Waals surface area contributed by atoms with Gasteiger partial charge in [0.1, 0.15) is 24.4 Å². The van der Waals surface area contributed by atoms with Gasteiger partial charge in [0, 0.05) is 0 Å². The molecule has 0 aliphatic carbocycles. The zero-order valence-electron chi connectivity index (χ0n) is 7.82. The fraction of sp³-hybridized carbons (Fsp3) is 0.875. The van der Waals surface area contributed by atoms with Gasteiger partial charge in [0.15, 0.2) is 6.29 Å². The number of rotatable bonds is 2. The molecule has 0 spiro atoms. The first-order valence-electron chi connectivity index (χ1n) is 4.40. The van der Waals surface area contributed by atoms with E-state index in [-0.39, 0.29) is 0 Å². The van der Waals surface area contributed by atoms with Gasteiger partial charge in [-0.3, -0.25) is 4.99 Å². The molecule has 5 atom stereocenters. The summed E-state index contributed by atoms with van der Waals surface area (Å²) >= 11 is 0. The van der Waals surface area contributed by atoms with Crippen LogP contribution in [-0.4, -0.2) is 63.9 Å². The van der Waals surface area contributed by atoms with Crippen molar-refractivity contribution in [2.75, 3.05) is 6.61 Å². The molecule has 14 heavy (non-hydrogen) atoms. The summed E-state index contributed by atoms with van der Waals surface area (Å²) in [5.41, 5.74) is 0. The fourth-order valence-electron chi connectivity index (χ4n) is 1.42. The Morgan fingerprint density at radius 3 is 2.43 bits per heavy atom. The van der Waals surface area contributed by atoms with Gasteiger partial charge >= 0.3 is 0 Å². The highest BCUT2D eigenvalue weighted by Gasteiger charge is 2.43. The highest BCUT2D eigenvalue weighted by molar-refractivity contribution is 5.53. The fourth-order valence-corrected chi connectivity index (χ4v) is 1.42. The van der Waals surface area contributed by atoms with Gasteiger partial charge in [-0.1, -0.05) is 0 Å². The maximum atomic E-state index is 9.53. The van der Waals surface area contributed by atoms with Crippen LogP contribution in [0.25, 0.3) is 0 Å². The molecule has 0 saturated carbocycles. The molecule has 4 N–H and O–H groups in total. The largest absolute Gasteiger partial charge is 0.394 e. The molecule has 82 valence electrons. The SMILES string of the molecule is CC=N[C@H]1C(O)O[C@H](CO)[C@@H](O)[C@@H]1O. The van der Waals surface area contributed by atoms with Crippen molar-refractivity contribution < 1.29 is 25.2 Å². The molecule has 1 saturated heterocycles. The molecule has 0 bridgehead atoms. The third-order valence-electron chi connectivity index (χ3n) is 2.19. The number of aliphatic imine (C=N–C) groups is 1. The predicted molar refractivity (Wildman–Crippen MR) is 47.9 cm³/mol. The molecule has 0 amide bonds. The van der Waals surface area contributed by atoms with Gasteiger partial charge in [0.2, 0.25) is 0 Å². The highest BCUT2D eigenvalue weighted by Crippen LogP contribution is 2.21. The third-order valence-corrected chi connectivity index (χ3v) is 2.19. The Balaban J connectivity index is 2.73. The van der Waals surface area contributed by atoms with Crippen molar-refractivity contribution >= 4 is 6.21 Å². The van der Waals surface area contributed by atoms with Crippen molar-refractivity contribution in [2.24, 2.45) is 4.99 Å². The first-order chi connectivity index (χ1) is 6.61. The van der Waals surface area contributed by atoms with E-state index in [4.69, 9.17) is 9.84 Å². The summed E-state index contributed by atoms with van der Waals surface area (Å²) in [6.45, 7) is 1.17. The number of aliphatic hydroxyl groups excluding tert-OH is 4. The molecule has 1 aliphatic rings. The molecule has 0 aromatic carbocycles. The van der Waals surface area contributed by atoms with Gasteiger partial charge in [0.25, 0.3) is 0 Å². The zero-order chi connectivity index (χ0) is 10.7. The Bertz CT molecular complexity index is 210. The van der Waals surface area contributed by atoms with Crippen LogP contribution in [-0.2, 0) is 4.74 Å². The lowest BCUT2D eigenvalue weighted by atomic mass is 9.98. The molecule has 6 heteroatoms. The summed E-state index contributed by atoms with van der Waals surface area (Å²) in [6, 6.07) is -0.905. The first-order valence-corrected chi connectivity index (χ1v) is 4.40.